The first-order chi connectivity index (χ1) is 10.1. The van der Waals surface area contributed by atoms with E-state index in [-0.39, 0.29) is 11.9 Å². The standard InChI is InChI=1S/C17H21ClN2O/c1-13(14-8-4-5-9-15(14)18)20-16(21)17(12-19)10-6-2-3-7-11-17/h4-5,8-9,13H,2-3,6-7,10-11H2,1H3,(H,20,21). The van der Waals surface area contributed by atoms with Crippen molar-refractivity contribution >= 4 is 17.5 Å². The average Bonchev–Trinajstić information content (AvgIpc) is 2.74. The Kier molecular flexibility index (Phi) is 5.25. The van der Waals surface area contributed by atoms with Crippen LogP contribution in [0.25, 0.3) is 0 Å². The molecule has 1 aliphatic rings. The minimum atomic E-state index is -0.869. The van der Waals surface area contributed by atoms with Crippen molar-refractivity contribution in [2.75, 3.05) is 0 Å². The molecule has 0 spiro atoms. The lowest BCUT2D eigenvalue weighted by atomic mass is 9.80. The van der Waals surface area contributed by atoms with Gasteiger partial charge in [0.05, 0.1) is 12.1 Å². The first-order valence-corrected chi connectivity index (χ1v) is 7.93. The summed E-state index contributed by atoms with van der Waals surface area (Å²) in [7, 11) is 0. The minimum Gasteiger partial charge on any atom is -0.348 e. The zero-order valence-electron chi connectivity index (χ0n) is 12.4. The Morgan fingerprint density at radius 3 is 2.48 bits per heavy atom. The molecule has 1 aromatic rings. The monoisotopic (exact) mass is 304 g/mol. The molecule has 3 nitrogen and oxygen atoms in total. The molecule has 0 radical (unpaired) electrons. The molecule has 1 aliphatic carbocycles. The van der Waals surface area contributed by atoms with Crippen molar-refractivity contribution in [2.45, 2.75) is 51.5 Å². The fourth-order valence-electron chi connectivity index (χ4n) is 2.96. The predicted octanol–water partition coefficient (Wildman–Crippen LogP) is 4.38. The Balaban J connectivity index is 2.12. The van der Waals surface area contributed by atoms with E-state index in [0.29, 0.717) is 17.9 Å². The van der Waals surface area contributed by atoms with Crippen LogP contribution in [-0.4, -0.2) is 5.91 Å². The van der Waals surface area contributed by atoms with Gasteiger partial charge in [-0.15, -0.1) is 0 Å². The summed E-state index contributed by atoms with van der Waals surface area (Å²) < 4.78 is 0. The highest BCUT2D eigenvalue weighted by molar-refractivity contribution is 6.31. The number of halogens is 1. The molecule has 1 aromatic carbocycles. The quantitative estimate of drug-likeness (QED) is 0.842. The summed E-state index contributed by atoms with van der Waals surface area (Å²) in [5.41, 5.74) is 0.0145. The molecule has 1 saturated carbocycles. The molecule has 1 atom stereocenters. The molecular weight excluding hydrogens is 284 g/mol. The molecule has 1 N–H and O–H groups in total. The van der Waals surface area contributed by atoms with Gasteiger partial charge in [0, 0.05) is 5.02 Å². The lowest BCUT2D eigenvalue weighted by Crippen LogP contribution is -2.41. The number of carbonyl (C=O) groups excluding carboxylic acids is 1. The Morgan fingerprint density at radius 1 is 1.29 bits per heavy atom. The van der Waals surface area contributed by atoms with Crippen molar-refractivity contribution in [3.63, 3.8) is 0 Å². The molecule has 0 saturated heterocycles. The second kappa shape index (κ2) is 6.95. The number of hydrogen-bond donors (Lipinski definition) is 1. The summed E-state index contributed by atoms with van der Waals surface area (Å²) in [6.07, 6.45) is 5.42. The molecule has 21 heavy (non-hydrogen) atoms. The highest BCUT2D eigenvalue weighted by atomic mass is 35.5. The van der Waals surface area contributed by atoms with Crippen LogP contribution in [0.4, 0.5) is 0 Å². The number of carbonyl (C=O) groups is 1. The average molecular weight is 305 g/mol. The molecule has 0 aromatic heterocycles. The maximum atomic E-state index is 12.6. The molecule has 2 rings (SSSR count). The first kappa shape index (κ1) is 15.9. The summed E-state index contributed by atoms with van der Waals surface area (Å²) in [6.45, 7) is 1.90. The third kappa shape index (κ3) is 3.57. The van der Waals surface area contributed by atoms with Crippen molar-refractivity contribution in [3.8, 4) is 6.07 Å². The summed E-state index contributed by atoms with van der Waals surface area (Å²) in [4.78, 5) is 12.6. The van der Waals surface area contributed by atoms with Gasteiger partial charge in [-0.05, 0) is 31.4 Å². The van der Waals surface area contributed by atoms with Gasteiger partial charge in [-0.2, -0.15) is 5.26 Å². The Hall–Kier alpha value is -1.53. The number of amides is 1. The van der Waals surface area contributed by atoms with E-state index in [1.807, 2.05) is 31.2 Å². The number of nitrogens with zero attached hydrogens (tertiary/aromatic N) is 1. The first-order valence-electron chi connectivity index (χ1n) is 7.56. The Bertz CT molecular complexity index is 542. The molecule has 0 aliphatic heterocycles. The van der Waals surface area contributed by atoms with E-state index in [1.54, 1.807) is 0 Å². The van der Waals surface area contributed by atoms with Gasteiger partial charge >= 0.3 is 0 Å². The summed E-state index contributed by atoms with van der Waals surface area (Å²) in [5.74, 6) is -0.153. The summed E-state index contributed by atoms with van der Waals surface area (Å²) >= 11 is 6.17. The molecule has 1 unspecified atom stereocenters. The van der Waals surface area contributed by atoms with Gasteiger partial charge in [-0.3, -0.25) is 4.79 Å². The molecule has 0 heterocycles. The molecule has 1 fully saturated rings. The van der Waals surface area contributed by atoms with Gasteiger partial charge in [0.1, 0.15) is 5.41 Å². The number of benzene rings is 1. The number of nitrogens with one attached hydrogen (secondary N) is 1. The van der Waals surface area contributed by atoms with E-state index < -0.39 is 5.41 Å². The SMILES string of the molecule is CC(NC(=O)C1(C#N)CCCCCC1)c1ccccc1Cl. The van der Waals surface area contributed by atoms with Crippen molar-refractivity contribution in [2.24, 2.45) is 5.41 Å². The van der Waals surface area contributed by atoms with E-state index in [0.717, 1.165) is 31.2 Å². The van der Waals surface area contributed by atoms with Crippen LogP contribution in [0.5, 0.6) is 0 Å². The highest BCUT2D eigenvalue weighted by Gasteiger charge is 2.39. The smallest absolute Gasteiger partial charge is 0.240 e. The third-order valence-corrected chi connectivity index (χ3v) is 4.67. The largest absolute Gasteiger partial charge is 0.348 e. The molecule has 4 heteroatoms. The van der Waals surface area contributed by atoms with Crippen LogP contribution in [0.2, 0.25) is 5.02 Å². The zero-order chi connectivity index (χ0) is 15.3. The van der Waals surface area contributed by atoms with E-state index in [4.69, 9.17) is 11.6 Å². The number of hydrogen-bond acceptors (Lipinski definition) is 2. The van der Waals surface area contributed by atoms with Crippen LogP contribution in [0.3, 0.4) is 0 Å². The summed E-state index contributed by atoms with van der Waals surface area (Å²) in [6, 6.07) is 9.56. The molecule has 0 bridgehead atoms. The lowest BCUT2D eigenvalue weighted by molar-refractivity contribution is -0.129. The van der Waals surface area contributed by atoms with Gasteiger partial charge in [0.25, 0.3) is 0 Å². The maximum absolute atomic E-state index is 12.6. The van der Waals surface area contributed by atoms with Crippen LogP contribution in [0.15, 0.2) is 24.3 Å². The van der Waals surface area contributed by atoms with Gasteiger partial charge in [0.15, 0.2) is 0 Å². The fourth-order valence-corrected chi connectivity index (χ4v) is 3.26. The summed E-state index contributed by atoms with van der Waals surface area (Å²) in [5, 5.41) is 13.2. The van der Waals surface area contributed by atoms with Crippen LogP contribution < -0.4 is 5.32 Å². The Labute approximate surface area is 131 Å². The van der Waals surface area contributed by atoms with Crippen LogP contribution in [0, 0.1) is 16.7 Å². The van der Waals surface area contributed by atoms with E-state index in [2.05, 4.69) is 11.4 Å². The van der Waals surface area contributed by atoms with Gasteiger partial charge in [-0.1, -0.05) is 55.5 Å². The Morgan fingerprint density at radius 2 is 1.90 bits per heavy atom. The minimum absolute atomic E-state index is 0.153. The second-order valence-corrected chi connectivity index (χ2v) is 6.23. The van der Waals surface area contributed by atoms with Crippen LogP contribution in [0.1, 0.15) is 57.1 Å². The fraction of sp³-hybridized carbons (Fsp3) is 0.529. The van der Waals surface area contributed by atoms with Gasteiger partial charge in [-0.25, -0.2) is 0 Å². The maximum Gasteiger partial charge on any atom is 0.240 e. The van der Waals surface area contributed by atoms with E-state index in [9.17, 15) is 10.1 Å². The van der Waals surface area contributed by atoms with Crippen molar-refractivity contribution in [1.29, 1.82) is 5.26 Å². The van der Waals surface area contributed by atoms with Gasteiger partial charge in [0.2, 0.25) is 5.91 Å². The molecule has 112 valence electrons. The van der Waals surface area contributed by atoms with E-state index in [1.165, 1.54) is 0 Å². The topological polar surface area (TPSA) is 52.9 Å². The predicted molar refractivity (Wildman–Crippen MR) is 83.8 cm³/mol. The molecule has 1 amide bonds. The molecular formula is C17H21ClN2O. The van der Waals surface area contributed by atoms with Crippen molar-refractivity contribution in [3.05, 3.63) is 34.9 Å². The zero-order valence-corrected chi connectivity index (χ0v) is 13.1. The highest BCUT2D eigenvalue weighted by Crippen LogP contribution is 2.35. The van der Waals surface area contributed by atoms with E-state index >= 15 is 0 Å². The van der Waals surface area contributed by atoms with Crippen LogP contribution in [-0.2, 0) is 4.79 Å². The lowest BCUT2D eigenvalue weighted by Gasteiger charge is -2.26. The van der Waals surface area contributed by atoms with Crippen LogP contribution >= 0.6 is 11.6 Å². The normalized spacial score (nSPS) is 19.1. The third-order valence-electron chi connectivity index (χ3n) is 4.33. The number of nitriles is 1. The van der Waals surface area contributed by atoms with Crippen molar-refractivity contribution < 1.29 is 4.79 Å². The van der Waals surface area contributed by atoms with Gasteiger partial charge < -0.3 is 5.32 Å². The van der Waals surface area contributed by atoms with Crippen molar-refractivity contribution in [1.82, 2.24) is 5.32 Å². The second-order valence-electron chi connectivity index (χ2n) is 5.82. The number of rotatable bonds is 3.